The molecule has 20 heavy (non-hydrogen) atoms. The minimum atomic E-state index is 1.11. The van der Waals surface area contributed by atoms with E-state index in [0.29, 0.717) is 0 Å². The van der Waals surface area contributed by atoms with Crippen molar-refractivity contribution in [2.75, 3.05) is 0 Å². The highest BCUT2D eigenvalue weighted by Gasteiger charge is 2.25. The van der Waals surface area contributed by atoms with Crippen LogP contribution in [0.3, 0.4) is 0 Å². The summed E-state index contributed by atoms with van der Waals surface area (Å²) in [5, 5.41) is 2.57. The number of hydrogen-bond donors (Lipinski definition) is 1. The lowest BCUT2D eigenvalue weighted by atomic mass is 9.93. The molecule has 0 amide bonds. The smallest absolute Gasteiger partial charge is 0.0953 e. The molecule has 0 unspecified atom stereocenters. The molecule has 1 aliphatic heterocycles. The Morgan fingerprint density at radius 3 is 2.95 bits per heavy atom. The molecule has 0 fully saturated rings. The molecule has 1 aliphatic carbocycles. The average Bonchev–Trinajstić information content (AvgIpc) is 3.05. The van der Waals surface area contributed by atoms with Gasteiger partial charge in [0.15, 0.2) is 0 Å². The lowest BCUT2D eigenvalue weighted by molar-refractivity contribution is 0.886. The molecule has 2 aliphatic rings. The van der Waals surface area contributed by atoms with Gasteiger partial charge in [-0.2, -0.15) is 0 Å². The number of aromatic nitrogens is 1. The van der Waals surface area contributed by atoms with Crippen molar-refractivity contribution in [1.29, 1.82) is 0 Å². The van der Waals surface area contributed by atoms with Gasteiger partial charge >= 0.3 is 0 Å². The Kier molecular flexibility index (Phi) is 1.88. The maximum absolute atomic E-state index is 4.91. The van der Waals surface area contributed by atoms with Gasteiger partial charge in [-0.15, -0.1) is 0 Å². The molecule has 2 aromatic carbocycles. The molecule has 2 heterocycles. The van der Waals surface area contributed by atoms with Crippen molar-refractivity contribution in [3.05, 3.63) is 48.0 Å². The van der Waals surface area contributed by atoms with Crippen LogP contribution in [0.25, 0.3) is 27.4 Å². The third-order valence-electron chi connectivity index (χ3n) is 4.47. The SMILES string of the molecule is C1=C2C(=Nc3c2ccc2c3[nH]c3ccccc32)CCC1. The molecule has 0 atom stereocenters. The summed E-state index contributed by atoms with van der Waals surface area (Å²) >= 11 is 0. The van der Waals surface area contributed by atoms with Gasteiger partial charge in [0.2, 0.25) is 0 Å². The van der Waals surface area contributed by atoms with Crippen LogP contribution in [0.15, 0.2) is 47.5 Å². The van der Waals surface area contributed by atoms with E-state index in [1.807, 2.05) is 0 Å². The molecule has 0 saturated heterocycles. The Hall–Kier alpha value is -2.35. The number of aromatic amines is 1. The second-order valence-corrected chi connectivity index (χ2v) is 5.62. The van der Waals surface area contributed by atoms with E-state index in [4.69, 9.17) is 4.99 Å². The van der Waals surface area contributed by atoms with Crippen LogP contribution >= 0.6 is 0 Å². The third-order valence-corrected chi connectivity index (χ3v) is 4.47. The minimum absolute atomic E-state index is 1.11. The van der Waals surface area contributed by atoms with E-state index < -0.39 is 0 Å². The average molecular weight is 258 g/mol. The number of nitrogens with one attached hydrogen (secondary N) is 1. The maximum atomic E-state index is 4.91. The third kappa shape index (κ3) is 1.21. The first kappa shape index (κ1) is 10.4. The highest BCUT2D eigenvalue weighted by Crippen LogP contribution is 2.44. The van der Waals surface area contributed by atoms with E-state index in [-0.39, 0.29) is 0 Å². The molecular formula is C18H14N2. The van der Waals surface area contributed by atoms with Gasteiger partial charge in [-0.1, -0.05) is 36.4 Å². The second-order valence-electron chi connectivity index (χ2n) is 5.62. The van der Waals surface area contributed by atoms with Gasteiger partial charge < -0.3 is 4.98 Å². The summed E-state index contributed by atoms with van der Waals surface area (Å²) in [6, 6.07) is 13.0. The molecule has 0 bridgehead atoms. The van der Waals surface area contributed by atoms with Crippen LogP contribution in [0.4, 0.5) is 5.69 Å². The number of aliphatic imine (C=N–C) groups is 1. The van der Waals surface area contributed by atoms with Crippen molar-refractivity contribution in [3.63, 3.8) is 0 Å². The van der Waals surface area contributed by atoms with Crippen LogP contribution in [0, 0.1) is 0 Å². The van der Waals surface area contributed by atoms with Crippen molar-refractivity contribution in [2.24, 2.45) is 4.99 Å². The lowest BCUT2D eigenvalue weighted by Gasteiger charge is -2.09. The van der Waals surface area contributed by atoms with Crippen LogP contribution in [0.5, 0.6) is 0 Å². The first-order valence-electron chi connectivity index (χ1n) is 7.24. The van der Waals surface area contributed by atoms with Crippen molar-refractivity contribution in [1.82, 2.24) is 4.98 Å². The quantitative estimate of drug-likeness (QED) is 0.589. The number of allylic oxidation sites excluding steroid dienone is 2. The maximum Gasteiger partial charge on any atom is 0.0953 e. The second kappa shape index (κ2) is 3.60. The fourth-order valence-electron chi connectivity index (χ4n) is 3.52. The van der Waals surface area contributed by atoms with Crippen molar-refractivity contribution in [3.8, 4) is 0 Å². The first-order chi connectivity index (χ1) is 9.92. The first-order valence-corrected chi connectivity index (χ1v) is 7.24. The monoisotopic (exact) mass is 258 g/mol. The van der Waals surface area contributed by atoms with Gasteiger partial charge in [-0.05, 0) is 25.3 Å². The van der Waals surface area contributed by atoms with Gasteiger partial charge in [0.25, 0.3) is 0 Å². The zero-order chi connectivity index (χ0) is 13.1. The van der Waals surface area contributed by atoms with Crippen LogP contribution in [-0.2, 0) is 0 Å². The summed E-state index contributed by atoms with van der Waals surface area (Å²) in [7, 11) is 0. The summed E-state index contributed by atoms with van der Waals surface area (Å²) in [4.78, 5) is 8.47. The van der Waals surface area contributed by atoms with Gasteiger partial charge in [-0.3, -0.25) is 0 Å². The number of nitrogens with zero attached hydrogens (tertiary/aromatic N) is 1. The highest BCUT2D eigenvalue weighted by atomic mass is 14.8. The van der Waals surface area contributed by atoms with E-state index in [1.54, 1.807) is 0 Å². The van der Waals surface area contributed by atoms with E-state index >= 15 is 0 Å². The highest BCUT2D eigenvalue weighted by molar-refractivity contribution is 6.31. The van der Waals surface area contributed by atoms with Gasteiger partial charge in [0.1, 0.15) is 0 Å². The van der Waals surface area contributed by atoms with Crippen LogP contribution in [-0.4, -0.2) is 10.7 Å². The normalized spacial score (nSPS) is 17.0. The topological polar surface area (TPSA) is 28.1 Å². The molecule has 96 valence electrons. The molecule has 1 aromatic heterocycles. The van der Waals surface area contributed by atoms with Crippen LogP contribution in [0.2, 0.25) is 0 Å². The largest absolute Gasteiger partial charge is 0.353 e. The van der Waals surface area contributed by atoms with E-state index in [2.05, 4.69) is 47.5 Å². The Morgan fingerprint density at radius 2 is 1.95 bits per heavy atom. The van der Waals surface area contributed by atoms with Crippen LogP contribution in [0.1, 0.15) is 24.8 Å². The van der Waals surface area contributed by atoms with E-state index in [9.17, 15) is 0 Å². The number of fused-ring (bicyclic) bond motifs is 7. The number of H-pyrrole nitrogens is 1. The van der Waals surface area contributed by atoms with Crippen molar-refractivity contribution < 1.29 is 0 Å². The number of para-hydroxylation sites is 1. The summed E-state index contributed by atoms with van der Waals surface area (Å²) in [5.41, 5.74) is 7.47. The van der Waals surface area contributed by atoms with Gasteiger partial charge in [-0.25, -0.2) is 4.99 Å². The van der Waals surface area contributed by atoms with Crippen molar-refractivity contribution in [2.45, 2.75) is 19.3 Å². The molecule has 0 radical (unpaired) electrons. The molecular weight excluding hydrogens is 244 g/mol. The zero-order valence-corrected chi connectivity index (χ0v) is 11.1. The predicted molar refractivity (Wildman–Crippen MR) is 84.7 cm³/mol. The summed E-state index contributed by atoms with van der Waals surface area (Å²) in [5.74, 6) is 0. The predicted octanol–water partition coefficient (Wildman–Crippen LogP) is 4.97. The molecule has 5 rings (SSSR count). The number of rotatable bonds is 0. The molecule has 2 heteroatoms. The minimum Gasteiger partial charge on any atom is -0.353 e. The van der Waals surface area contributed by atoms with Crippen molar-refractivity contribution >= 4 is 38.8 Å². The molecule has 3 aromatic rings. The van der Waals surface area contributed by atoms with Gasteiger partial charge in [0.05, 0.1) is 11.2 Å². The Bertz CT molecular complexity index is 925. The van der Waals surface area contributed by atoms with E-state index in [1.165, 1.54) is 51.5 Å². The number of hydrogen-bond acceptors (Lipinski definition) is 1. The van der Waals surface area contributed by atoms with Gasteiger partial charge in [0, 0.05) is 33.1 Å². The van der Waals surface area contributed by atoms with E-state index in [0.717, 1.165) is 12.1 Å². The fourth-order valence-corrected chi connectivity index (χ4v) is 3.52. The zero-order valence-electron chi connectivity index (χ0n) is 11.1. The summed E-state index contributed by atoms with van der Waals surface area (Å²) < 4.78 is 0. The Balaban J connectivity index is 1.92. The fraction of sp³-hybridized carbons (Fsp3) is 0.167. The summed E-state index contributed by atoms with van der Waals surface area (Å²) in [6.45, 7) is 0. The van der Waals surface area contributed by atoms with Crippen LogP contribution < -0.4 is 0 Å². The molecule has 0 saturated carbocycles. The number of benzene rings is 2. The summed E-state index contributed by atoms with van der Waals surface area (Å²) in [6.07, 6.45) is 5.87. The molecule has 0 spiro atoms. The standard InChI is InChI=1S/C18H14N2/c1-3-7-15-11(5-1)13-9-10-14-12-6-2-4-8-16(12)20-18(14)17(13)19-15/h1,3,5-7,9-10,19H,2,4,8H2. The Labute approximate surface area is 116 Å². The molecule has 1 N–H and O–H groups in total. The lowest BCUT2D eigenvalue weighted by Crippen LogP contribution is -2.01. The molecule has 2 nitrogen and oxygen atoms in total. The Morgan fingerprint density at radius 1 is 1.00 bits per heavy atom.